The molecule has 3 heterocycles. The Bertz CT molecular complexity index is 3410. The van der Waals surface area contributed by atoms with Crippen LogP contribution in [-0.4, -0.2) is 20.6 Å². The zero-order chi connectivity index (χ0) is 40.4. The molecule has 6 aliphatic rings. The van der Waals surface area contributed by atoms with Crippen molar-refractivity contribution in [3.63, 3.8) is 0 Å². The van der Waals surface area contributed by atoms with Crippen LogP contribution in [0.1, 0.15) is 85.4 Å². The topological polar surface area (TPSA) is 34.0 Å². The maximum absolute atomic E-state index is 5.64. The molecule has 1 aliphatic heterocycles. The van der Waals surface area contributed by atoms with Gasteiger partial charge in [-0.25, -0.2) is 9.97 Å². The summed E-state index contributed by atoms with van der Waals surface area (Å²) in [6.45, 7) is 4.82. The summed E-state index contributed by atoms with van der Waals surface area (Å²) >= 11 is 0. The van der Waals surface area contributed by atoms with Crippen molar-refractivity contribution in [2.75, 3.05) is 4.90 Å². The minimum Gasteiger partial charge on any atom is -0.310 e. The highest BCUT2D eigenvalue weighted by Crippen LogP contribution is 2.52. The van der Waals surface area contributed by atoms with Gasteiger partial charge < -0.3 is 9.47 Å². The Hall–Kier alpha value is -6.78. The first-order chi connectivity index (χ1) is 30.0. The van der Waals surface area contributed by atoms with Crippen LogP contribution < -0.4 is 25.9 Å². The Kier molecular flexibility index (Phi) is 7.53. The Morgan fingerprint density at radius 3 is 2.49 bits per heavy atom. The number of fused-ring (bicyclic) bond motifs is 10. The second-order valence-electron chi connectivity index (χ2n) is 18.2. The number of allylic oxidation sites excluding steroid dienone is 5. The molecule has 0 saturated heterocycles. The molecule has 7 aromatic rings. The number of hydrogen-bond donors (Lipinski definition) is 0. The number of hydrogen-bond acceptors (Lipinski definition) is 3. The fourth-order valence-electron chi connectivity index (χ4n) is 11.7. The third-order valence-electron chi connectivity index (χ3n) is 14.6. The van der Waals surface area contributed by atoms with Crippen LogP contribution in [-0.2, 0) is 11.8 Å². The molecule has 0 fully saturated rings. The quantitative estimate of drug-likeness (QED) is 0.178. The highest BCUT2D eigenvalue weighted by molar-refractivity contribution is 5.94. The normalized spacial score (nSPS) is 19.8. The van der Waals surface area contributed by atoms with Crippen molar-refractivity contribution in [3.8, 4) is 16.9 Å². The number of aryl methyl sites for hydroxylation is 1. The van der Waals surface area contributed by atoms with E-state index >= 15 is 0 Å². The molecule has 0 saturated carbocycles. The summed E-state index contributed by atoms with van der Waals surface area (Å²) in [6, 6.07) is 43.1. The molecule has 2 aromatic heterocycles. The highest BCUT2D eigenvalue weighted by Gasteiger charge is 2.40. The Balaban J connectivity index is 0.967. The van der Waals surface area contributed by atoms with Gasteiger partial charge in [0.1, 0.15) is 0 Å². The van der Waals surface area contributed by atoms with Crippen LogP contribution in [0.15, 0.2) is 139 Å². The lowest BCUT2D eigenvalue weighted by Crippen LogP contribution is -2.39. The van der Waals surface area contributed by atoms with E-state index < -0.39 is 0 Å². The predicted molar refractivity (Wildman–Crippen MR) is 252 cm³/mol. The predicted octanol–water partition coefficient (Wildman–Crippen LogP) is 10.1. The number of para-hydroxylation sites is 2. The van der Waals surface area contributed by atoms with Crippen LogP contribution >= 0.6 is 0 Å². The second-order valence-corrected chi connectivity index (χ2v) is 18.2. The molecule has 4 nitrogen and oxygen atoms in total. The van der Waals surface area contributed by atoms with Gasteiger partial charge in [-0.15, -0.1) is 0 Å². The molecular formula is C57H46N4. The van der Waals surface area contributed by atoms with Crippen LogP contribution in [0.5, 0.6) is 0 Å². The van der Waals surface area contributed by atoms with Gasteiger partial charge in [-0.3, -0.25) is 0 Å². The highest BCUT2D eigenvalue weighted by atomic mass is 15.3. The lowest BCUT2D eigenvalue weighted by molar-refractivity contribution is 0.607. The van der Waals surface area contributed by atoms with Crippen molar-refractivity contribution in [3.05, 3.63) is 194 Å². The number of anilines is 2. The largest absolute Gasteiger partial charge is 0.310 e. The van der Waals surface area contributed by atoms with Crippen molar-refractivity contribution in [2.24, 2.45) is 0 Å². The first kappa shape index (κ1) is 35.0. The average Bonchev–Trinajstić information content (AvgIpc) is 3.91. The SMILES string of the molecule is CC1(C)C2=C(C=CCC2)c2ccc(-c3nc(N4c5ccc(C6C=c7c(n(-c8ccccc8)c8ccccc78)=CC6)cc5C5=c6ccccc6=CCC54)nc4c3C=CCC4)cc21. The third-order valence-corrected chi connectivity index (χ3v) is 14.6. The number of benzene rings is 5. The maximum atomic E-state index is 5.64. The molecule has 0 N–H and O–H groups in total. The number of aromatic nitrogens is 3. The van der Waals surface area contributed by atoms with E-state index in [0.717, 1.165) is 55.9 Å². The van der Waals surface area contributed by atoms with Crippen molar-refractivity contribution >= 4 is 58.0 Å². The molecular weight excluding hydrogens is 741 g/mol. The van der Waals surface area contributed by atoms with E-state index in [1.165, 1.54) is 87.8 Å². The first-order valence-electron chi connectivity index (χ1n) is 22.2. The van der Waals surface area contributed by atoms with Crippen molar-refractivity contribution < 1.29 is 0 Å². The monoisotopic (exact) mass is 786 g/mol. The van der Waals surface area contributed by atoms with Gasteiger partial charge >= 0.3 is 0 Å². The standard InChI is InChI=1S/C57H46N4/c1-57(2)47-21-11-8-18-41(47)42-28-24-38(34-48(42)57)55-44-20-9-12-22-49(44)58-56(59-55)61-52-30-27-37(33-46(52)54-40-17-7-6-14-35(40)25-31-53(54)61)36-26-29-51-45(32-36)43-19-10-13-23-50(43)60(51)39-15-4-3-5-16-39/h3-10,13-20,23-25,27-30,32-34,36,53H,11-12,21-22,26,31H2,1-2H3. The molecule has 61 heavy (non-hydrogen) atoms. The van der Waals surface area contributed by atoms with Crippen LogP contribution in [0.3, 0.4) is 0 Å². The van der Waals surface area contributed by atoms with Gasteiger partial charge in [-0.2, -0.15) is 0 Å². The van der Waals surface area contributed by atoms with Gasteiger partial charge in [0.15, 0.2) is 0 Å². The molecule has 2 atom stereocenters. The first-order valence-corrected chi connectivity index (χ1v) is 22.2. The fraction of sp³-hybridized carbons (Fsp3) is 0.193. The van der Waals surface area contributed by atoms with Gasteiger partial charge in [0, 0.05) is 49.7 Å². The Morgan fingerprint density at radius 1 is 0.721 bits per heavy atom. The average molecular weight is 787 g/mol. The molecule has 4 heteroatoms. The van der Waals surface area contributed by atoms with E-state index in [1.807, 2.05) is 0 Å². The van der Waals surface area contributed by atoms with Gasteiger partial charge in [0.25, 0.3) is 0 Å². The molecule has 0 amide bonds. The summed E-state index contributed by atoms with van der Waals surface area (Å²) < 4.78 is 2.43. The lowest BCUT2D eigenvalue weighted by atomic mass is 9.78. The summed E-state index contributed by atoms with van der Waals surface area (Å²) in [5.41, 5.74) is 18.0. The molecule has 0 bridgehead atoms. The summed E-state index contributed by atoms with van der Waals surface area (Å²) in [7, 11) is 0. The van der Waals surface area contributed by atoms with Gasteiger partial charge in [0.2, 0.25) is 5.95 Å². The van der Waals surface area contributed by atoms with Gasteiger partial charge in [-0.1, -0.05) is 141 Å². The summed E-state index contributed by atoms with van der Waals surface area (Å²) in [6.07, 6.45) is 22.7. The molecule has 294 valence electrons. The molecule has 2 unspecified atom stereocenters. The van der Waals surface area contributed by atoms with Crippen molar-refractivity contribution in [1.82, 2.24) is 14.5 Å². The van der Waals surface area contributed by atoms with Crippen molar-refractivity contribution in [1.29, 1.82) is 0 Å². The minimum absolute atomic E-state index is 0.00790. The van der Waals surface area contributed by atoms with E-state index in [0.29, 0.717) is 0 Å². The van der Waals surface area contributed by atoms with E-state index in [1.54, 1.807) is 5.57 Å². The molecule has 5 aliphatic carbocycles. The number of nitrogens with zero attached hydrogens (tertiary/aromatic N) is 4. The van der Waals surface area contributed by atoms with Crippen molar-refractivity contribution in [2.45, 2.75) is 69.7 Å². The molecule has 0 spiro atoms. The zero-order valence-corrected chi connectivity index (χ0v) is 34.7. The number of rotatable bonds is 4. The minimum atomic E-state index is -0.00790. The van der Waals surface area contributed by atoms with E-state index in [-0.39, 0.29) is 17.4 Å². The van der Waals surface area contributed by atoms with Crippen LogP contribution in [0.25, 0.3) is 63.3 Å². The van der Waals surface area contributed by atoms with Crippen LogP contribution in [0.2, 0.25) is 0 Å². The van der Waals surface area contributed by atoms with E-state index in [9.17, 15) is 0 Å². The van der Waals surface area contributed by atoms with Crippen LogP contribution in [0.4, 0.5) is 11.6 Å². The molecule has 13 rings (SSSR count). The summed E-state index contributed by atoms with van der Waals surface area (Å²) in [5.74, 6) is 1.06. The summed E-state index contributed by atoms with van der Waals surface area (Å²) in [4.78, 5) is 13.6. The van der Waals surface area contributed by atoms with E-state index in [4.69, 9.17) is 9.97 Å². The van der Waals surface area contributed by atoms with Gasteiger partial charge in [0.05, 0.1) is 28.6 Å². The molecule has 0 radical (unpaired) electrons. The van der Waals surface area contributed by atoms with Gasteiger partial charge in [-0.05, 0) is 113 Å². The maximum Gasteiger partial charge on any atom is 0.231 e. The smallest absolute Gasteiger partial charge is 0.231 e. The Morgan fingerprint density at radius 2 is 1.56 bits per heavy atom. The van der Waals surface area contributed by atoms with E-state index in [2.05, 4.69) is 181 Å². The third kappa shape index (κ3) is 5.11. The summed E-state index contributed by atoms with van der Waals surface area (Å²) in [5, 5.41) is 6.55. The lowest BCUT2D eigenvalue weighted by Gasteiger charge is -2.29. The molecule has 5 aromatic carbocycles. The van der Waals surface area contributed by atoms with Crippen LogP contribution in [0, 0.1) is 0 Å². The fourth-order valence-corrected chi connectivity index (χ4v) is 11.7. The second kappa shape index (κ2) is 13.1. The Labute approximate surface area is 356 Å². The zero-order valence-electron chi connectivity index (χ0n) is 34.7.